The highest BCUT2D eigenvalue weighted by atomic mass is 32.2. The van der Waals surface area contributed by atoms with Crippen LogP contribution in [0.15, 0.2) is 53.5 Å². The zero-order valence-corrected chi connectivity index (χ0v) is 16.9. The lowest BCUT2D eigenvalue weighted by molar-refractivity contribution is 0.587. The first kappa shape index (κ1) is 20.9. The van der Waals surface area contributed by atoms with E-state index in [1.54, 1.807) is 0 Å². The van der Waals surface area contributed by atoms with Crippen LogP contribution in [-0.4, -0.2) is 28.0 Å². The molecule has 6 nitrogen and oxygen atoms in total. The van der Waals surface area contributed by atoms with E-state index in [9.17, 15) is 8.42 Å². The van der Waals surface area contributed by atoms with E-state index < -0.39 is 10.0 Å². The Hall–Kier alpha value is -2.38. The van der Waals surface area contributed by atoms with Crippen molar-refractivity contribution < 1.29 is 8.42 Å². The van der Waals surface area contributed by atoms with E-state index in [0.717, 1.165) is 23.6 Å². The molecule has 2 rings (SSSR count). The van der Waals surface area contributed by atoms with Gasteiger partial charge in [-0.2, -0.15) is 0 Å². The van der Waals surface area contributed by atoms with Crippen molar-refractivity contribution in [2.75, 3.05) is 13.6 Å². The van der Waals surface area contributed by atoms with Crippen LogP contribution < -0.4 is 15.4 Å². The second kappa shape index (κ2) is 10.1. The number of benzene rings is 2. The molecular weight excluding hydrogens is 360 g/mol. The highest BCUT2D eigenvalue weighted by Gasteiger charge is 2.08. The van der Waals surface area contributed by atoms with Crippen LogP contribution in [0.2, 0.25) is 0 Å². The van der Waals surface area contributed by atoms with Crippen molar-refractivity contribution >= 4 is 16.0 Å². The number of aliphatic imine (C=N–C) groups is 1. The highest BCUT2D eigenvalue weighted by molar-refractivity contribution is 7.88. The molecule has 0 saturated heterocycles. The number of guanidine groups is 1. The van der Waals surface area contributed by atoms with E-state index in [-0.39, 0.29) is 5.75 Å². The summed E-state index contributed by atoms with van der Waals surface area (Å²) < 4.78 is 25.5. The molecule has 0 saturated carbocycles. The van der Waals surface area contributed by atoms with Crippen molar-refractivity contribution in [3.05, 3.63) is 70.8 Å². The minimum absolute atomic E-state index is 0.0202. The van der Waals surface area contributed by atoms with Gasteiger partial charge >= 0.3 is 0 Å². The van der Waals surface area contributed by atoms with Gasteiger partial charge < -0.3 is 10.6 Å². The molecule has 0 aliphatic heterocycles. The molecular formula is C20H28N4O2S. The summed E-state index contributed by atoms with van der Waals surface area (Å²) in [5.74, 6) is 0.732. The molecule has 3 N–H and O–H groups in total. The van der Waals surface area contributed by atoms with Gasteiger partial charge in [-0.05, 0) is 43.1 Å². The molecule has 7 heteroatoms. The van der Waals surface area contributed by atoms with Crippen molar-refractivity contribution in [3.8, 4) is 0 Å². The lowest BCUT2D eigenvalue weighted by Crippen LogP contribution is -2.36. The fourth-order valence-electron chi connectivity index (χ4n) is 2.53. The summed E-state index contributed by atoms with van der Waals surface area (Å²) >= 11 is 0. The average Bonchev–Trinajstić information content (AvgIpc) is 2.66. The van der Waals surface area contributed by atoms with Gasteiger partial charge in [0, 0.05) is 13.1 Å². The number of nitrogens with one attached hydrogen (secondary N) is 3. The number of aryl methyl sites for hydroxylation is 1. The molecule has 27 heavy (non-hydrogen) atoms. The molecule has 0 spiro atoms. The summed E-state index contributed by atoms with van der Waals surface area (Å²) in [6.07, 6.45) is 0. The summed E-state index contributed by atoms with van der Waals surface area (Å²) in [6.45, 7) is 6.13. The number of hydrogen-bond donors (Lipinski definition) is 3. The summed E-state index contributed by atoms with van der Waals surface area (Å²) in [5, 5.41) is 6.59. The predicted molar refractivity (Wildman–Crippen MR) is 111 cm³/mol. The van der Waals surface area contributed by atoms with Crippen molar-refractivity contribution in [1.29, 1.82) is 0 Å². The van der Waals surface area contributed by atoms with Crippen molar-refractivity contribution in [3.63, 3.8) is 0 Å². The van der Waals surface area contributed by atoms with Crippen LogP contribution in [0.25, 0.3) is 0 Å². The van der Waals surface area contributed by atoms with Gasteiger partial charge in [-0.3, -0.25) is 0 Å². The largest absolute Gasteiger partial charge is 0.357 e. The zero-order chi connectivity index (χ0) is 19.7. The molecule has 0 aliphatic carbocycles. The number of nitrogens with zero attached hydrogens (tertiary/aromatic N) is 1. The summed E-state index contributed by atoms with van der Waals surface area (Å²) in [5.41, 5.74) is 4.25. The first-order valence-corrected chi connectivity index (χ1v) is 10.6. The summed E-state index contributed by atoms with van der Waals surface area (Å²) in [7, 11) is -1.83. The van der Waals surface area contributed by atoms with Crippen molar-refractivity contribution in [2.24, 2.45) is 4.99 Å². The minimum atomic E-state index is -3.25. The lowest BCUT2D eigenvalue weighted by atomic mass is 10.1. The number of rotatable bonds is 8. The molecule has 2 aromatic rings. The second-order valence-electron chi connectivity index (χ2n) is 6.25. The Morgan fingerprint density at radius 3 is 2.30 bits per heavy atom. The van der Waals surface area contributed by atoms with Gasteiger partial charge in [-0.15, -0.1) is 0 Å². The fraction of sp³-hybridized carbons (Fsp3) is 0.350. The zero-order valence-electron chi connectivity index (χ0n) is 16.1. The third kappa shape index (κ3) is 7.03. The van der Waals surface area contributed by atoms with E-state index in [1.807, 2.05) is 43.3 Å². The molecule has 0 unspecified atom stereocenters. The standard InChI is InChI=1S/C20H28N4O2S/c1-4-22-20(24-14-19-8-6-5-7-16(19)2)23-13-17-9-11-18(12-10-17)15-27(25,26)21-3/h5-12,21H,4,13-15H2,1-3H3,(H2,22,23,24). The monoisotopic (exact) mass is 388 g/mol. The van der Waals surface area contributed by atoms with Crippen LogP contribution in [-0.2, 0) is 28.9 Å². The van der Waals surface area contributed by atoms with Crippen LogP contribution in [0, 0.1) is 6.92 Å². The van der Waals surface area contributed by atoms with Gasteiger partial charge in [0.2, 0.25) is 10.0 Å². The maximum atomic E-state index is 11.6. The Morgan fingerprint density at radius 1 is 1.00 bits per heavy atom. The van der Waals surface area contributed by atoms with E-state index >= 15 is 0 Å². The van der Waals surface area contributed by atoms with Gasteiger partial charge in [0.25, 0.3) is 0 Å². The van der Waals surface area contributed by atoms with Crippen LogP contribution >= 0.6 is 0 Å². The van der Waals surface area contributed by atoms with Crippen LogP contribution in [0.5, 0.6) is 0 Å². The molecule has 146 valence electrons. The van der Waals surface area contributed by atoms with Crippen molar-refractivity contribution in [2.45, 2.75) is 32.7 Å². The Balaban J connectivity index is 1.98. The normalized spacial score (nSPS) is 12.0. The van der Waals surface area contributed by atoms with Gasteiger partial charge in [-0.25, -0.2) is 18.1 Å². The quantitative estimate of drug-likeness (QED) is 0.479. The number of hydrogen-bond acceptors (Lipinski definition) is 3. The van der Waals surface area contributed by atoms with E-state index in [1.165, 1.54) is 18.2 Å². The van der Waals surface area contributed by atoms with Crippen LogP contribution in [0.4, 0.5) is 0 Å². The molecule has 0 bridgehead atoms. The van der Waals surface area contributed by atoms with Crippen LogP contribution in [0.1, 0.15) is 29.2 Å². The van der Waals surface area contributed by atoms with Gasteiger partial charge in [-0.1, -0.05) is 48.5 Å². The first-order chi connectivity index (χ1) is 12.9. The minimum Gasteiger partial charge on any atom is -0.357 e. The molecule has 0 radical (unpaired) electrons. The Kier molecular flexibility index (Phi) is 7.82. The molecule has 2 aromatic carbocycles. The third-order valence-electron chi connectivity index (χ3n) is 4.16. The Bertz CT molecular complexity index is 862. The Morgan fingerprint density at radius 2 is 1.67 bits per heavy atom. The Labute approximate surface area is 162 Å². The average molecular weight is 389 g/mol. The molecule has 0 fully saturated rings. The maximum Gasteiger partial charge on any atom is 0.215 e. The second-order valence-corrected chi connectivity index (χ2v) is 8.18. The fourth-order valence-corrected chi connectivity index (χ4v) is 3.31. The van der Waals surface area contributed by atoms with Gasteiger partial charge in [0.15, 0.2) is 5.96 Å². The molecule has 0 aliphatic rings. The maximum absolute atomic E-state index is 11.6. The molecule has 0 atom stereocenters. The lowest BCUT2D eigenvalue weighted by Gasteiger charge is -2.13. The third-order valence-corrected chi connectivity index (χ3v) is 5.50. The van der Waals surface area contributed by atoms with Gasteiger partial charge in [0.1, 0.15) is 0 Å². The highest BCUT2D eigenvalue weighted by Crippen LogP contribution is 2.09. The summed E-state index contributed by atoms with van der Waals surface area (Å²) in [4.78, 5) is 4.61. The number of sulfonamides is 1. The van der Waals surface area contributed by atoms with E-state index in [4.69, 9.17) is 0 Å². The van der Waals surface area contributed by atoms with Crippen LogP contribution in [0.3, 0.4) is 0 Å². The first-order valence-electron chi connectivity index (χ1n) is 8.99. The van der Waals surface area contributed by atoms with Crippen molar-refractivity contribution in [1.82, 2.24) is 15.4 Å². The molecule has 0 amide bonds. The predicted octanol–water partition coefficient (Wildman–Crippen LogP) is 2.30. The van der Waals surface area contributed by atoms with Gasteiger partial charge in [0.05, 0.1) is 12.3 Å². The van der Waals surface area contributed by atoms with E-state index in [2.05, 4.69) is 39.4 Å². The molecule has 0 heterocycles. The molecule has 0 aromatic heterocycles. The smallest absolute Gasteiger partial charge is 0.215 e. The SMILES string of the molecule is CCNC(=NCc1ccc(CS(=O)(=O)NC)cc1)NCc1ccccc1C. The topological polar surface area (TPSA) is 82.6 Å². The van der Waals surface area contributed by atoms with E-state index in [0.29, 0.717) is 13.1 Å². The summed E-state index contributed by atoms with van der Waals surface area (Å²) in [6, 6.07) is 15.7.